The maximum atomic E-state index is 12.2. The van der Waals surface area contributed by atoms with E-state index in [-0.39, 0.29) is 21.0 Å². The highest BCUT2D eigenvalue weighted by atomic mass is 35.5. The molecule has 6 nitrogen and oxygen atoms in total. The van der Waals surface area contributed by atoms with Gasteiger partial charge in [0.25, 0.3) is 10.0 Å². The summed E-state index contributed by atoms with van der Waals surface area (Å²) in [6.45, 7) is 1.71. The van der Waals surface area contributed by atoms with Gasteiger partial charge in [-0.05, 0) is 18.6 Å². The smallest absolute Gasteiger partial charge is 0.282 e. The van der Waals surface area contributed by atoms with Crippen molar-refractivity contribution in [1.82, 2.24) is 14.5 Å². The maximum absolute atomic E-state index is 12.2. The van der Waals surface area contributed by atoms with E-state index in [4.69, 9.17) is 23.2 Å². The minimum atomic E-state index is -3.91. The number of pyridine rings is 1. The summed E-state index contributed by atoms with van der Waals surface area (Å²) in [6, 6.07) is 1.64. The van der Waals surface area contributed by atoms with Crippen molar-refractivity contribution in [3.05, 3.63) is 34.5 Å². The van der Waals surface area contributed by atoms with E-state index in [2.05, 4.69) is 14.7 Å². The highest BCUT2D eigenvalue weighted by Crippen LogP contribution is 2.27. The number of sulfonamides is 1. The van der Waals surface area contributed by atoms with E-state index in [0.717, 1.165) is 0 Å². The number of anilines is 1. The van der Waals surface area contributed by atoms with Gasteiger partial charge in [0.05, 0.1) is 12.0 Å². The SMILES string of the molecule is Cc1ccnc(Cl)c1NS(=O)(=O)c1ncn(C)c1Cl. The number of hydrogen-bond acceptors (Lipinski definition) is 4. The number of imidazole rings is 1. The van der Waals surface area contributed by atoms with Gasteiger partial charge < -0.3 is 4.57 Å². The number of nitrogens with zero attached hydrogens (tertiary/aromatic N) is 3. The zero-order valence-corrected chi connectivity index (χ0v) is 12.4. The lowest BCUT2D eigenvalue weighted by Crippen LogP contribution is -2.15. The maximum Gasteiger partial charge on any atom is 0.282 e. The van der Waals surface area contributed by atoms with Crippen LogP contribution in [-0.2, 0) is 17.1 Å². The van der Waals surface area contributed by atoms with Crippen LogP contribution < -0.4 is 4.72 Å². The highest BCUT2D eigenvalue weighted by molar-refractivity contribution is 7.92. The van der Waals surface area contributed by atoms with Gasteiger partial charge in [0.15, 0.2) is 5.15 Å². The fourth-order valence-corrected chi connectivity index (χ4v) is 3.29. The summed E-state index contributed by atoms with van der Waals surface area (Å²) < 4.78 is 28.1. The lowest BCUT2D eigenvalue weighted by atomic mass is 10.3. The Hall–Kier alpha value is -1.31. The average molecular weight is 321 g/mol. The van der Waals surface area contributed by atoms with Crippen LogP contribution in [0.4, 0.5) is 5.69 Å². The summed E-state index contributed by atoms with van der Waals surface area (Å²) in [4.78, 5) is 7.58. The van der Waals surface area contributed by atoms with Gasteiger partial charge in [-0.25, -0.2) is 9.97 Å². The zero-order valence-electron chi connectivity index (χ0n) is 10.1. The second-order valence-corrected chi connectivity index (χ2v) is 6.16. The molecule has 0 fully saturated rings. The van der Waals surface area contributed by atoms with Crippen molar-refractivity contribution in [2.75, 3.05) is 4.72 Å². The van der Waals surface area contributed by atoms with Gasteiger partial charge in [0.1, 0.15) is 5.15 Å². The average Bonchev–Trinajstić information content (AvgIpc) is 2.66. The third-order valence-electron chi connectivity index (χ3n) is 2.44. The molecule has 2 aromatic rings. The topological polar surface area (TPSA) is 76.9 Å². The predicted octanol–water partition coefficient (Wildman–Crippen LogP) is 2.23. The van der Waals surface area contributed by atoms with Crippen molar-refractivity contribution in [3.8, 4) is 0 Å². The Kier molecular flexibility index (Phi) is 3.71. The Bertz CT molecular complexity index is 707. The van der Waals surface area contributed by atoms with Crippen LogP contribution in [-0.4, -0.2) is 23.0 Å². The molecule has 9 heteroatoms. The van der Waals surface area contributed by atoms with Crippen molar-refractivity contribution < 1.29 is 8.42 Å². The molecule has 0 aromatic carbocycles. The van der Waals surface area contributed by atoms with Crippen molar-refractivity contribution in [3.63, 3.8) is 0 Å². The summed E-state index contributed by atoms with van der Waals surface area (Å²) in [5, 5.41) is -0.170. The van der Waals surface area contributed by atoms with Gasteiger partial charge in [0.2, 0.25) is 5.03 Å². The van der Waals surface area contributed by atoms with Crippen LogP contribution in [0.1, 0.15) is 5.56 Å². The highest BCUT2D eigenvalue weighted by Gasteiger charge is 2.24. The Labute approximate surface area is 120 Å². The molecule has 0 spiro atoms. The van der Waals surface area contributed by atoms with Crippen LogP contribution >= 0.6 is 23.2 Å². The van der Waals surface area contributed by atoms with Gasteiger partial charge in [0, 0.05) is 13.2 Å². The molecule has 102 valence electrons. The molecule has 19 heavy (non-hydrogen) atoms. The number of aryl methyl sites for hydroxylation is 2. The standard InChI is InChI=1S/C10H10Cl2N4O2S/c1-6-3-4-13-8(11)7(6)15-19(17,18)10-9(12)16(2)5-14-10/h3-5,15H,1-2H3. The monoisotopic (exact) mass is 320 g/mol. The summed E-state index contributed by atoms with van der Waals surface area (Å²) in [7, 11) is -2.31. The quantitative estimate of drug-likeness (QED) is 0.880. The fraction of sp³-hybridized carbons (Fsp3) is 0.200. The Morgan fingerprint density at radius 3 is 2.53 bits per heavy atom. The van der Waals surface area contributed by atoms with Gasteiger partial charge in [-0.1, -0.05) is 23.2 Å². The van der Waals surface area contributed by atoms with Crippen molar-refractivity contribution in [2.45, 2.75) is 11.9 Å². The molecule has 0 bridgehead atoms. The minimum absolute atomic E-state index is 0.0187. The summed E-state index contributed by atoms with van der Waals surface area (Å²) >= 11 is 11.7. The third kappa shape index (κ3) is 2.68. The Morgan fingerprint density at radius 1 is 1.32 bits per heavy atom. The molecule has 2 aromatic heterocycles. The van der Waals surface area contributed by atoms with Crippen LogP contribution in [0.2, 0.25) is 10.3 Å². The normalized spacial score (nSPS) is 11.6. The van der Waals surface area contributed by atoms with Crippen LogP contribution in [0.15, 0.2) is 23.6 Å². The molecule has 0 unspecified atom stereocenters. The van der Waals surface area contributed by atoms with E-state index in [1.54, 1.807) is 20.0 Å². The molecule has 2 rings (SSSR count). The Balaban J connectivity index is 2.46. The summed E-state index contributed by atoms with van der Waals surface area (Å²) in [5.41, 5.74) is 0.863. The summed E-state index contributed by atoms with van der Waals surface area (Å²) in [5.74, 6) is 0. The number of aromatic nitrogens is 3. The van der Waals surface area contributed by atoms with E-state index < -0.39 is 10.0 Å². The van der Waals surface area contributed by atoms with E-state index >= 15 is 0 Å². The van der Waals surface area contributed by atoms with Crippen molar-refractivity contribution in [1.29, 1.82) is 0 Å². The molecule has 0 saturated heterocycles. The van der Waals surface area contributed by atoms with E-state index in [0.29, 0.717) is 5.56 Å². The zero-order chi connectivity index (χ0) is 14.2. The van der Waals surface area contributed by atoms with Crippen LogP contribution in [0.5, 0.6) is 0 Å². The molecule has 0 aliphatic heterocycles. The molecule has 2 heterocycles. The van der Waals surface area contributed by atoms with Crippen LogP contribution in [0.3, 0.4) is 0 Å². The molecular weight excluding hydrogens is 311 g/mol. The summed E-state index contributed by atoms with van der Waals surface area (Å²) in [6.07, 6.45) is 2.80. The van der Waals surface area contributed by atoms with Gasteiger partial charge >= 0.3 is 0 Å². The third-order valence-corrected chi connectivity index (χ3v) is 4.56. The Morgan fingerprint density at radius 2 is 2.00 bits per heavy atom. The van der Waals surface area contributed by atoms with E-state index in [9.17, 15) is 8.42 Å². The second-order valence-electron chi connectivity index (χ2n) is 3.85. The minimum Gasteiger partial charge on any atom is -0.324 e. The molecule has 0 aliphatic carbocycles. The van der Waals surface area contributed by atoms with Crippen LogP contribution in [0.25, 0.3) is 0 Å². The van der Waals surface area contributed by atoms with Crippen LogP contribution in [0, 0.1) is 6.92 Å². The molecule has 0 saturated carbocycles. The first-order chi connectivity index (χ1) is 8.83. The second kappa shape index (κ2) is 4.99. The predicted molar refractivity (Wildman–Crippen MR) is 73.0 cm³/mol. The molecule has 0 radical (unpaired) electrons. The van der Waals surface area contributed by atoms with Gasteiger partial charge in [-0.2, -0.15) is 8.42 Å². The van der Waals surface area contributed by atoms with Gasteiger partial charge in [-0.15, -0.1) is 0 Å². The number of rotatable bonds is 3. The van der Waals surface area contributed by atoms with Crippen molar-refractivity contribution in [2.24, 2.45) is 7.05 Å². The molecule has 1 N–H and O–H groups in total. The van der Waals surface area contributed by atoms with Crippen molar-refractivity contribution >= 4 is 38.9 Å². The van der Waals surface area contributed by atoms with E-state index in [1.165, 1.54) is 17.1 Å². The first kappa shape index (κ1) is 14.1. The largest absolute Gasteiger partial charge is 0.324 e. The fourth-order valence-electron chi connectivity index (χ4n) is 1.40. The lowest BCUT2D eigenvalue weighted by Gasteiger charge is -2.10. The molecule has 0 atom stereocenters. The molecule has 0 aliphatic rings. The van der Waals surface area contributed by atoms with Gasteiger partial charge in [-0.3, -0.25) is 4.72 Å². The first-order valence-corrected chi connectivity index (χ1v) is 7.37. The number of hydrogen-bond donors (Lipinski definition) is 1. The molecular formula is C10H10Cl2N4O2S. The molecule has 0 amide bonds. The van der Waals surface area contributed by atoms with E-state index in [1.807, 2.05) is 0 Å². The number of halogens is 2. The number of nitrogens with one attached hydrogen (secondary N) is 1. The lowest BCUT2D eigenvalue weighted by molar-refractivity contribution is 0.598. The first-order valence-electron chi connectivity index (χ1n) is 5.13.